The van der Waals surface area contributed by atoms with Crippen molar-refractivity contribution in [3.63, 3.8) is 0 Å². The molecule has 0 radical (unpaired) electrons. The first-order valence-corrected chi connectivity index (χ1v) is 7.96. The molecule has 1 atom stereocenters. The maximum atomic E-state index is 11.6. The number of amides is 1. The van der Waals surface area contributed by atoms with Crippen molar-refractivity contribution < 1.29 is 14.3 Å². The summed E-state index contributed by atoms with van der Waals surface area (Å²) < 4.78 is 10.5. The molecule has 0 aliphatic carbocycles. The van der Waals surface area contributed by atoms with Gasteiger partial charge in [-0.1, -0.05) is 0 Å². The third kappa shape index (κ3) is 4.35. The molecule has 116 valence electrons. The number of carbonyl (C=O) groups excluding carboxylic acids is 1. The summed E-state index contributed by atoms with van der Waals surface area (Å²) >= 11 is 0. The molecule has 0 aromatic heterocycles. The van der Waals surface area contributed by atoms with Gasteiger partial charge in [0.25, 0.3) is 0 Å². The Hall–Kier alpha value is -0.810. The van der Waals surface area contributed by atoms with E-state index in [1.54, 1.807) is 0 Å². The van der Waals surface area contributed by atoms with Gasteiger partial charge in [0, 0.05) is 38.4 Å². The minimum Gasteiger partial charge on any atom is -0.450 e. The van der Waals surface area contributed by atoms with Gasteiger partial charge in [-0.15, -0.1) is 0 Å². The molecule has 2 heterocycles. The lowest BCUT2D eigenvalue weighted by Gasteiger charge is -2.36. The van der Waals surface area contributed by atoms with E-state index in [0.29, 0.717) is 18.7 Å². The van der Waals surface area contributed by atoms with E-state index in [-0.39, 0.29) is 6.09 Å². The number of ether oxygens (including phenoxy) is 2. The Balaban J connectivity index is 1.69. The maximum absolute atomic E-state index is 11.6. The predicted octanol–water partition coefficient (Wildman–Crippen LogP) is 2.01. The lowest BCUT2D eigenvalue weighted by molar-refractivity contribution is 0.0517. The van der Waals surface area contributed by atoms with Crippen LogP contribution < -0.4 is 5.32 Å². The fourth-order valence-electron chi connectivity index (χ4n) is 3.17. The van der Waals surface area contributed by atoms with E-state index >= 15 is 0 Å². The van der Waals surface area contributed by atoms with Gasteiger partial charge in [-0.25, -0.2) is 4.79 Å². The summed E-state index contributed by atoms with van der Waals surface area (Å²) in [5.41, 5.74) is 0. The van der Waals surface area contributed by atoms with Crippen molar-refractivity contribution in [1.82, 2.24) is 10.2 Å². The second-order valence-electron chi connectivity index (χ2n) is 5.87. The normalized spacial score (nSPS) is 23.6. The van der Waals surface area contributed by atoms with Gasteiger partial charge in [0.15, 0.2) is 0 Å². The summed E-state index contributed by atoms with van der Waals surface area (Å²) in [5.74, 6) is 0.729. The van der Waals surface area contributed by atoms with Crippen LogP contribution in [0.5, 0.6) is 0 Å². The van der Waals surface area contributed by atoms with Crippen LogP contribution in [0.4, 0.5) is 4.79 Å². The summed E-state index contributed by atoms with van der Waals surface area (Å²) in [7, 11) is 0. The first-order valence-electron chi connectivity index (χ1n) is 7.96. The molecule has 5 heteroatoms. The van der Waals surface area contributed by atoms with Gasteiger partial charge >= 0.3 is 6.09 Å². The van der Waals surface area contributed by atoms with Gasteiger partial charge in [-0.05, 0) is 45.4 Å². The van der Waals surface area contributed by atoms with Crippen molar-refractivity contribution in [3.05, 3.63) is 0 Å². The van der Waals surface area contributed by atoms with Gasteiger partial charge < -0.3 is 19.7 Å². The van der Waals surface area contributed by atoms with E-state index in [1.807, 2.05) is 11.8 Å². The van der Waals surface area contributed by atoms with E-state index in [2.05, 4.69) is 12.2 Å². The van der Waals surface area contributed by atoms with Crippen LogP contribution in [0.25, 0.3) is 0 Å². The lowest BCUT2D eigenvalue weighted by atomic mass is 9.91. The van der Waals surface area contributed by atoms with Crippen LogP contribution >= 0.6 is 0 Å². The molecular formula is C15H28N2O3. The summed E-state index contributed by atoms with van der Waals surface area (Å²) in [6, 6.07) is 1.07. The van der Waals surface area contributed by atoms with Crippen LogP contribution in [0.1, 0.15) is 39.5 Å². The van der Waals surface area contributed by atoms with Crippen molar-refractivity contribution in [1.29, 1.82) is 0 Å². The van der Waals surface area contributed by atoms with Crippen LogP contribution in [-0.4, -0.2) is 56.0 Å². The summed E-state index contributed by atoms with van der Waals surface area (Å²) in [6.45, 7) is 8.00. The molecule has 2 saturated heterocycles. The van der Waals surface area contributed by atoms with Crippen LogP contribution in [-0.2, 0) is 9.47 Å². The van der Waals surface area contributed by atoms with Gasteiger partial charge in [0.1, 0.15) is 0 Å². The number of carbonyl (C=O) groups is 1. The largest absolute Gasteiger partial charge is 0.450 e. The highest BCUT2D eigenvalue weighted by atomic mass is 16.6. The molecule has 2 aliphatic heterocycles. The smallest absolute Gasteiger partial charge is 0.409 e. The van der Waals surface area contributed by atoms with Gasteiger partial charge in [-0.2, -0.15) is 0 Å². The molecule has 2 aliphatic rings. The molecule has 0 aromatic rings. The molecule has 5 nitrogen and oxygen atoms in total. The molecule has 0 spiro atoms. The number of nitrogens with zero attached hydrogens (tertiary/aromatic N) is 1. The van der Waals surface area contributed by atoms with E-state index in [1.165, 1.54) is 0 Å². The Bertz CT molecular complexity index is 297. The van der Waals surface area contributed by atoms with E-state index in [4.69, 9.17) is 9.47 Å². The standard InChI is InChI=1S/C15H28N2O3/c1-3-20-15(18)17-8-4-14(5-9-17)16-12(2)13-6-10-19-11-7-13/h12-14,16H,3-11H2,1-2H3. The van der Waals surface area contributed by atoms with E-state index in [0.717, 1.165) is 57.9 Å². The van der Waals surface area contributed by atoms with Crippen molar-refractivity contribution in [2.24, 2.45) is 5.92 Å². The molecule has 1 amide bonds. The Labute approximate surface area is 122 Å². The number of hydrogen-bond donors (Lipinski definition) is 1. The third-order valence-electron chi connectivity index (χ3n) is 4.49. The lowest BCUT2D eigenvalue weighted by Crippen LogP contribution is -2.49. The zero-order valence-electron chi connectivity index (χ0n) is 12.8. The molecule has 0 bridgehead atoms. The molecular weight excluding hydrogens is 256 g/mol. The van der Waals surface area contributed by atoms with Crippen molar-refractivity contribution in [3.8, 4) is 0 Å². The SMILES string of the molecule is CCOC(=O)N1CCC(NC(C)C2CCOCC2)CC1. The van der Waals surface area contributed by atoms with E-state index in [9.17, 15) is 4.79 Å². The first kappa shape index (κ1) is 15.6. The Morgan fingerprint density at radius 1 is 1.30 bits per heavy atom. The van der Waals surface area contributed by atoms with Gasteiger partial charge in [0.05, 0.1) is 6.61 Å². The second kappa shape index (κ2) is 7.84. The number of hydrogen-bond acceptors (Lipinski definition) is 4. The third-order valence-corrected chi connectivity index (χ3v) is 4.49. The summed E-state index contributed by atoms with van der Waals surface area (Å²) in [4.78, 5) is 13.5. The monoisotopic (exact) mass is 284 g/mol. The molecule has 1 N–H and O–H groups in total. The topological polar surface area (TPSA) is 50.8 Å². The molecule has 20 heavy (non-hydrogen) atoms. The molecule has 1 unspecified atom stereocenters. The van der Waals surface area contributed by atoms with Crippen molar-refractivity contribution in [2.45, 2.75) is 51.6 Å². The molecule has 0 saturated carbocycles. The summed E-state index contributed by atoms with van der Waals surface area (Å²) in [5, 5.41) is 3.75. The zero-order valence-corrected chi connectivity index (χ0v) is 12.8. The highest BCUT2D eigenvalue weighted by Crippen LogP contribution is 2.20. The maximum Gasteiger partial charge on any atom is 0.409 e. The number of rotatable bonds is 4. The van der Waals surface area contributed by atoms with Crippen LogP contribution in [0.15, 0.2) is 0 Å². The Morgan fingerprint density at radius 2 is 1.95 bits per heavy atom. The van der Waals surface area contributed by atoms with Gasteiger partial charge in [0.2, 0.25) is 0 Å². The molecule has 2 rings (SSSR count). The first-order chi connectivity index (χ1) is 9.70. The average Bonchev–Trinajstić information content (AvgIpc) is 2.49. The molecule has 2 fully saturated rings. The number of likely N-dealkylation sites (tertiary alicyclic amines) is 1. The number of nitrogens with one attached hydrogen (secondary N) is 1. The minimum absolute atomic E-state index is 0.163. The Kier molecular flexibility index (Phi) is 6.10. The summed E-state index contributed by atoms with van der Waals surface area (Å²) in [6.07, 6.45) is 4.20. The molecule has 0 aromatic carbocycles. The highest BCUT2D eigenvalue weighted by Gasteiger charge is 2.27. The average molecular weight is 284 g/mol. The van der Waals surface area contributed by atoms with Crippen LogP contribution in [0.3, 0.4) is 0 Å². The van der Waals surface area contributed by atoms with Crippen LogP contribution in [0.2, 0.25) is 0 Å². The highest BCUT2D eigenvalue weighted by molar-refractivity contribution is 5.67. The van der Waals surface area contributed by atoms with Crippen molar-refractivity contribution >= 4 is 6.09 Å². The minimum atomic E-state index is -0.163. The van der Waals surface area contributed by atoms with Gasteiger partial charge in [-0.3, -0.25) is 0 Å². The van der Waals surface area contributed by atoms with Crippen LogP contribution in [0, 0.1) is 5.92 Å². The zero-order chi connectivity index (χ0) is 14.4. The van der Waals surface area contributed by atoms with E-state index < -0.39 is 0 Å². The number of piperidine rings is 1. The Morgan fingerprint density at radius 3 is 2.55 bits per heavy atom. The second-order valence-corrected chi connectivity index (χ2v) is 5.87. The fraction of sp³-hybridized carbons (Fsp3) is 0.933. The fourth-order valence-corrected chi connectivity index (χ4v) is 3.17. The van der Waals surface area contributed by atoms with Crippen molar-refractivity contribution in [2.75, 3.05) is 32.9 Å². The predicted molar refractivity (Wildman–Crippen MR) is 77.8 cm³/mol. The quantitative estimate of drug-likeness (QED) is 0.858.